The van der Waals surface area contributed by atoms with Crippen LogP contribution in [0.15, 0.2) is 33.8 Å². The normalized spacial score (nSPS) is 11.4. The quantitative estimate of drug-likeness (QED) is 0.524. The Balaban J connectivity index is 2.20. The molecule has 7 nitrogen and oxygen atoms in total. The molecule has 1 aromatic heterocycles. The zero-order valence-electron chi connectivity index (χ0n) is 12.7. The predicted molar refractivity (Wildman–Crippen MR) is 86.0 cm³/mol. The van der Waals surface area contributed by atoms with Gasteiger partial charge in [0, 0.05) is 11.6 Å². The van der Waals surface area contributed by atoms with E-state index in [2.05, 4.69) is 10.5 Å². The third-order valence-electron chi connectivity index (χ3n) is 3.17. The number of carbonyl (C=O) groups excluding carboxylic acids is 1. The van der Waals surface area contributed by atoms with Gasteiger partial charge in [-0.25, -0.2) is 5.43 Å². The van der Waals surface area contributed by atoms with Crippen LogP contribution in [0.5, 0.6) is 0 Å². The number of nitro groups is 1. The van der Waals surface area contributed by atoms with Gasteiger partial charge in [0.25, 0.3) is 11.6 Å². The second-order valence-electron chi connectivity index (χ2n) is 4.89. The second kappa shape index (κ2) is 6.62. The lowest BCUT2D eigenvalue weighted by molar-refractivity contribution is -0.384. The average Bonchev–Trinajstić information content (AvgIpc) is 2.83. The van der Waals surface area contributed by atoms with E-state index in [-0.39, 0.29) is 10.7 Å². The van der Waals surface area contributed by atoms with Gasteiger partial charge in [0.1, 0.15) is 16.5 Å². The van der Waals surface area contributed by atoms with Crippen LogP contribution in [0.3, 0.4) is 0 Å². The summed E-state index contributed by atoms with van der Waals surface area (Å²) in [7, 11) is 0. The first-order valence-corrected chi connectivity index (χ1v) is 7.03. The van der Waals surface area contributed by atoms with Gasteiger partial charge in [0.05, 0.1) is 16.2 Å². The molecule has 0 radical (unpaired) electrons. The van der Waals surface area contributed by atoms with E-state index in [1.54, 1.807) is 32.9 Å². The minimum absolute atomic E-state index is 0.0417. The van der Waals surface area contributed by atoms with Gasteiger partial charge in [-0.2, -0.15) is 5.10 Å². The van der Waals surface area contributed by atoms with Crippen molar-refractivity contribution in [3.8, 4) is 0 Å². The van der Waals surface area contributed by atoms with Gasteiger partial charge < -0.3 is 4.42 Å². The Morgan fingerprint density at radius 3 is 2.61 bits per heavy atom. The molecule has 23 heavy (non-hydrogen) atoms. The number of aryl methyl sites for hydroxylation is 2. The van der Waals surface area contributed by atoms with Crippen molar-refractivity contribution in [2.75, 3.05) is 0 Å². The zero-order chi connectivity index (χ0) is 17.1. The molecule has 1 amide bonds. The molecule has 1 heterocycles. The van der Waals surface area contributed by atoms with Gasteiger partial charge in [0.2, 0.25) is 0 Å². The molecule has 0 aliphatic carbocycles. The smallest absolute Gasteiger partial charge is 0.288 e. The summed E-state index contributed by atoms with van der Waals surface area (Å²) < 4.78 is 5.28. The van der Waals surface area contributed by atoms with Gasteiger partial charge in [-0.05, 0) is 32.9 Å². The van der Waals surface area contributed by atoms with Gasteiger partial charge in [-0.15, -0.1) is 0 Å². The first-order valence-electron chi connectivity index (χ1n) is 6.65. The molecule has 0 atom stereocenters. The Morgan fingerprint density at radius 1 is 1.35 bits per heavy atom. The third-order valence-corrected chi connectivity index (χ3v) is 3.49. The van der Waals surface area contributed by atoms with Gasteiger partial charge >= 0.3 is 0 Å². The van der Waals surface area contributed by atoms with Crippen molar-refractivity contribution < 1.29 is 14.1 Å². The highest BCUT2D eigenvalue weighted by atomic mass is 35.5. The molecule has 0 saturated carbocycles. The van der Waals surface area contributed by atoms with E-state index in [1.165, 1.54) is 12.1 Å². The molecule has 2 rings (SSSR count). The van der Waals surface area contributed by atoms with Crippen molar-refractivity contribution >= 4 is 28.9 Å². The summed E-state index contributed by atoms with van der Waals surface area (Å²) in [5, 5.41) is 14.9. The molecule has 0 saturated heterocycles. The minimum atomic E-state index is -0.574. The summed E-state index contributed by atoms with van der Waals surface area (Å²) in [6.45, 7) is 5.05. The maximum absolute atomic E-state index is 12.0. The lowest BCUT2D eigenvalue weighted by Crippen LogP contribution is -2.19. The van der Waals surface area contributed by atoms with E-state index in [1.807, 2.05) is 0 Å². The van der Waals surface area contributed by atoms with E-state index in [0.29, 0.717) is 28.4 Å². The Kier molecular flexibility index (Phi) is 4.80. The summed E-state index contributed by atoms with van der Waals surface area (Å²) in [5.74, 6) is 0.707. The molecule has 120 valence electrons. The number of nitro benzene ring substituents is 1. The highest BCUT2D eigenvalue weighted by Gasteiger charge is 2.15. The van der Waals surface area contributed by atoms with Crippen LogP contribution in [0.2, 0.25) is 5.02 Å². The predicted octanol–water partition coefficient (Wildman–Crippen LogP) is 3.61. The molecular formula is C15H14ClN3O4. The van der Waals surface area contributed by atoms with E-state index in [9.17, 15) is 14.9 Å². The number of halogens is 1. The fraction of sp³-hybridized carbons (Fsp3) is 0.200. The molecule has 8 heteroatoms. The van der Waals surface area contributed by atoms with E-state index >= 15 is 0 Å². The Bertz CT molecular complexity index is 811. The van der Waals surface area contributed by atoms with E-state index < -0.39 is 10.8 Å². The molecule has 1 N–H and O–H groups in total. The Labute approximate surface area is 137 Å². The van der Waals surface area contributed by atoms with E-state index in [0.717, 1.165) is 0 Å². The van der Waals surface area contributed by atoms with Crippen LogP contribution in [-0.2, 0) is 0 Å². The number of hydrogen-bond acceptors (Lipinski definition) is 5. The number of nitrogens with one attached hydrogen (secondary N) is 1. The number of benzene rings is 1. The molecule has 1 aromatic carbocycles. The summed E-state index contributed by atoms with van der Waals surface area (Å²) >= 11 is 5.76. The molecule has 2 aromatic rings. The van der Waals surface area contributed by atoms with Crippen molar-refractivity contribution in [2.24, 2.45) is 5.10 Å². The summed E-state index contributed by atoms with van der Waals surface area (Å²) in [6, 6.07) is 5.93. The van der Waals surface area contributed by atoms with E-state index in [4.69, 9.17) is 16.0 Å². The van der Waals surface area contributed by atoms with Crippen LogP contribution in [0, 0.1) is 24.0 Å². The summed E-state index contributed by atoms with van der Waals surface area (Å²) in [5.41, 5.74) is 3.47. The highest BCUT2D eigenvalue weighted by molar-refractivity contribution is 6.32. The number of amides is 1. The van der Waals surface area contributed by atoms with Crippen molar-refractivity contribution in [1.29, 1.82) is 0 Å². The minimum Gasteiger partial charge on any atom is -0.466 e. The topological polar surface area (TPSA) is 97.7 Å². The second-order valence-corrected chi connectivity index (χ2v) is 5.30. The Hall–Kier alpha value is -2.67. The van der Waals surface area contributed by atoms with Crippen LogP contribution in [-0.4, -0.2) is 16.5 Å². The van der Waals surface area contributed by atoms with Crippen molar-refractivity contribution in [3.05, 3.63) is 62.0 Å². The first-order chi connectivity index (χ1) is 10.8. The lowest BCUT2D eigenvalue weighted by atomic mass is 10.1. The largest absolute Gasteiger partial charge is 0.466 e. The molecule has 0 spiro atoms. The van der Waals surface area contributed by atoms with Gasteiger partial charge in [0.15, 0.2) is 0 Å². The number of hydrazone groups is 1. The molecule has 0 fully saturated rings. The number of rotatable bonds is 4. The summed E-state index contributed by atoms with van der Waals surface area (Å²) in [4.78, 5) is 22.4. The lowest BCUT2D eigenvalue weighted by Gasteiger charge is -2.03. The molecular weight excluding hydrogens is 322 g/mol. The molecule has 0 aliphatic rings. The summed E-state index contributed by atoms with van der Waals surface area (Å²) in [6.07, 6.45) is 0. The van der Waals surface area contributed by atoms with Crippen LogP contribution >= 0.6 is 11.6 Å². The molecule has 0 bridgehead atoms. The van der Waals surface area contributed by atoms with Crippen molar-refractivity contribution in [1.82, 2.24) is 5.43 Å². The average molecular weight is 336 g/mol. The van der Waals surface area contributed by atoms with Crippen LogP contribution in [0.1, 0.15) is 34.4 Å². The molecule has 0 aliphatic heterocycles. The standard InChI is InChI=1S/C15H14ClN3O4/c1-8-6-12(10(3)23-8)15(20)18-17-9(2)11-4-5-13(16)14(7-11)19(21)22/h4-7H,1-3H3,(H,18,20)/b17-9+. The third kappa shape index (κ3) is 3.75. The van der Waals surface area contributed by atoms with Crippen molar-refractivity contribution in [3.63, 3.8) is 0 Å². The van der Waals surface area contributed by atoms with Gasteiger partial charge in [-0.1, -0.05) is 17.7 Å². The zero-order valence-corrected chi connectivity index (χ0v) is 13.5. The maximum Gasteiger partial charge on any atom is 0.288 e. The number of carbonyl (C=O) groups is 1. The fourth-order valence-corrected chi connectivity index (χ4v) is 2.18. The Morgan fingerprint density at radius 2 is 2.04 bits per heavy atom. The van der Waals surface area contributed by atoms with Crippen LogP contribution < -0.4 is 5.43 Å². The molecule has 0 unspecified atom stereocenters. The first kappa shape index (κ1) is 16.7. The van der Waals surface area contributed by atoms with Gasteiger partial charge in [-0.3, -0.25) is 14.9 Å². The van der Waals surface area contributed by atoms with Crippen molar-refractivity contribution in [2.45, 2.75) is 20.8 Å². The monoisotopic (exact) mass is 335 g/mol. The van der Waals surface area contributed by atoms with Crippen LogP contribution in [0.4, 0.5) is 5.69 Å². The maximum atomic E-state index is 12.0. The number of hydrogen-bond donors (Lipinski definition) is 1. The number of furan rings is 1. The SMILES string of the molecule is C/C(=N\NC(=O)c1cc(C)oc1C)c1ccc(Cl)c([N+](=O)[O-])c1. The fourth-order valence-electron chi connectivity index (χ4n) is 1.99. The van der Waals surface area contributed by atoms with Crippen LogP contribution in [0.25, 0.3) is 0 Å². The highest BCUT2D eigenvalue weighted by Crippen LogP contribution is 2.25. The number of nitrogens with zero attached hydrogens (tertiary/aromatic N) is 2.